The summed E-state index contributed by atoms with van der Waals surface area (Å²) in [5, 5.41) is 16.1. The number of non-ortho nitro benzene ring substituents is 1. The second-order valence-corrected chi connectivity index (χ2v) is 9.54. The molecule has 1 aliphatic rings. The maximum atomic E-state index is 12.9. The molecule has 12 heteroatoms. The number of nitro groups is 1. The van der Waals surface area contributed by atoms with Crippen LogP contribution in [0.4, 0.5) is 16.2 Å². The van der Waals surface area contributed by atoms with E-state index in [1.807, 2.05) is 19.1 Å². The number of methoxy groups -OCH3 is 1. The highest BCUT2D eigenvalue weighted by atomic mass is 79.9. The van der Waals surface area contributed by atoms with Crippen molar-refractivity contribution in [3.8, 4) is 11.5 Å². The van der Waals surface area contributed by atoms with E-state index in [1.54, 1.807) is 36.4 Å². The van der Waals surface area contributed by atoms with Crippen LogP contribution in [0, 0.1) is 10.1 Å². The van der Waals surface area contributed by atoms with Crippen LogP contribution in [-0.2, 0) is 22.6 Å². The van der Waals surface area contributed by atoms with Gasteiger partial charge in [0.1, 0.15) is 18.8 Å². The number of hydrogen-bond acceptors (Lipinski definition) is 7. The number of anilines is 1. The summed E-state index contributed by atoms with van der Waals surface area (Å²) < 4.78 is 11.9. The van der Waals surface area contributed by atoms with Crippen LogP contribution in [0.5, 0.6) is 11.5 Å². The minimum atomic E-state index is -0.704. The SMILES string of the molecule is CCc1ccccc1NC(=O)CN1C(=O)N/C(=C/c2cc(Br)c(OCc3ccc([N+](=O)[O-])cc3)c(OC)c2)C1=O. The number of halogens is 1. The van der Waals surface area contributed by atoms with Gasteiger partial charge in [0.15, 0.2) is 11.5 Å². The lowest BCUT2D eigenvalue weighted by molar-refractivity contribution is -0.384. The Morgan fingerprint density at radius 3 is 2.55 bits per heavy atom. The fraction of sp³-hybridized carbons (Fsp3) is 0.179. The predicted molar refractivity (Wildman–Crippen MR) is 151 cm³/mol. The summed E-state index contributed by atoms with van der Waals surface area (Å²) in [4.78, 5) is 49.3. The van der Waals surface area contributed by atoms with E-state index in [0.29, 0.717) is 39.2 Å². The minimum absolute atomic E-state index is 0.000240. The van der Waals surface area contributed by atoms with Crippen molar-refractivity contribution in [1.82, 2.24) is 10.2 Å². The average molecular weight is 609 g/mol. The first-order valence-electron chi connectivity index (χ1n) is 12.2. The van der Waals surface area contributed by atoms with Gasteiger partial charge in [-0.05, 0) is 75.4 Å². The van der Waals surface area contributed by atoms with Crippen molar-refractivity contribution in [2.75, 3.05) is 19.0 Å². The van der Waals surface area contributed by atoms with Crippen molar-refractivity contribution in [3.05, 3.63) is 97.6 Å². The number of urea groups is 1. The number of para-hydroxylation sites is 1. The van der Waals surface area contributed by atoms with Crippen LogP contribution in [0.3, 0.4) is 0 Å². The van der Waals surface area contributed by atoms with Gasteiger partial charge in [0.2, 0.25) is 5.91 Å². The summed E-state index contributed by atoms with van der Waals surface area (Å²) in [6, 6.07) is 15.9. The molecule has 206 valence electrons. The van der Waals surface area contributed by atoms with Gasteiger partial charge in [0.25, 0.3) is 11.6 Å². The van der Waals surface area contributed by atoms with E-state index >= 15 is 0 Å². The Balaban J connectivity index is 1.46. The zero-order valence-corrected chi connectivity index (χ0v) is 23.2. The second-order valence-electron chi connectivity index (χ2n) is 8.68. The number of aryl methyl sites for hydroxylation is 1. The van der Waals surface area contributed by atoms with E-state index in [-0.39, 0.29) is 18.0 Å². The molecule has 0 radical (unpaired) electrons. The minimum Gasteiger partial charge on any atom is -0.493 e. The van der Waals surface area contributed by atoms with Gasteiger partial charge in [-0.2, -0.15) is 0 Å². The van der Waals surface area contributed by atoms with Crippen LogP contribution in [-0.4, -0.2) is 41.3 Å². The Bertz CT molecular complexity index is 1500. The lowest BCUT2D eigenvalue weighted by Gasteiger charge is -2.14. The van der Waals surface area contributed by atoms with E-state index in [0.717, 1.165) is 10.5 Å². The Morgan fingerprint density at radius 1 is 1.15 bits per heavy atom. The van der Waals surface area contributed by atoms with Crippen molar-refractivity contribution < 1.29 is 28.8 Å². The maximum Gasteiger partial charge on any atom is 0.329 e. The van der Waals surface area contributed by atoms with Crippen molar-refractivity contribution >= 4 is 51.2 Å². The van der Waals surface area contributed by atoms with E-state index < -0.39 is 29.3 Å². The van der Waals surface area contributed by atoms with Gasteiger partial charge < -0.3 is 20.1 Å². The van der Waals surface area contributed by atoms with Gasteiger partial charge in [0.05, 0.1) is 16.5 Å². The van der Waals surface area contributed by atoms with Gasteiger partial charge in [-0.15, -0.1) is 0 Å². The monoisotopic (exact) mass is 608 g/mol. The van der Waals surface area contributed by atoms with E-state index in [2.05, 4.69) is 26.6 Å². The Kier molecular flexibility index (Phi) is 8.80. The number of amides is 4. The number of nitro benzene ring substituents is 1. The third-order valence-corrected chi connectivity index (χ3v) is 6.62. The smallest absolute Gasteiger partial charge is 0.329 e. The number of carbonyl (C=O) groups is 3. The summed E-state index contributed by atoms with van der Waals surface area (Å²) in [7, 11) is 1.46. The standard InChI is InChI=1S/C28H25BrN4O7/c1-3-19-6-4-5-7-22(19)30-25(34)15-32-27(35)23(31-28(32)36)13-18-12-21(29)26(24(14-18)39-2)40-16-17-8-10-20(11-9-17)33(37)38/h4-14H,3,15-16H2,1-2H3,(H,30,34)(H,31,36)/b23-13+. The first-order chi connectivity index (χ1) is 19.2. The van der Waals surface area contributed by atoms with Crippen LogP contribution in [0.1, 0.15) is 23.6 Å². The number of hydrogen-bond donors (Lipinski definition) is 2. The number of nitrogens with one attached hydrogen (secondary N) is 2. The molecular formula is C28H25BrN4O7. The second kappa shape index (κ2) is 12.4. The van der Waals surface area contributed by atoms with Crippen LogP contribution < -0.4 is 20.1 Å². The molecule has 0 spiro atoms. The molecule has 1 fully saturated rings. The molecule has 0 aliphatic carbocycles. The molecule has 0 saturated carbocycles. The number of imide groups is 1. The van der Waals surface area contributed by atoms with Gasteiger partial charge in [-0.1, -0.05) is 25.1 Å². The molecular weight excluding hydrogens is 584 g/mol. The summed E-state index contributed by atoms with van der Waals surface area (Å²) in [5.41, 5.74) is 2.79. The fourth-order valence-corrected chi connectivity index (χ4v) is 4.57. The van der Waals surface area contributed by atoms with Crippen molar-refractivity contribution in [2.24, 2.45) is 0 Å². The quantitative estimate of drug-likeness (QED) is 0.142. The molecule has 3 aromatic rings. The van der Waals surface area contributed by atoms with Crippen LogP contribution in [0.25, 0.3) is 6.08 Å². The topological polar surface area (TPSA) is 140 Å². The van der Waals surface area contributed by atoms with Crippen molar-refractivity contribution in [3.63, 3.8) is 0 Å². The maximum absolute atomic E-state index is 12.9. The molecule has 11 nitrogen and oxygen atoms in total. The molecule has 1 heterocycles. The van der Waals surface area contributed by atoms with Crippen LogP contribution in [0.15, 0.2) is 70.8 Å². The lowest BCUT2D eigenvalue weighted by Crippen LogP contribution is -2.38. The summed E-state index contributed by atoms with van der Waals surface area (Å²) >= 11 is 3.45. The highest BCUT2D eigenvalue weighted by molar-refractivity contribution is 9.10. The predicted octanol–water partition coefficient (Wildman–Crippen LogP) is 5.04. The molecule has 4 rings (SSSR count). The number of carbonyl (C=O) groups excluding carboxylic acids is 3. The number of nitrogens with zero attached hydrogens (tertiary/aromatic N) is 2. The molecule has 40 heavy (non-hydrogen) atoms. The third kappa shape index (κ3) is 6.46. The molecule has 2 N–H and O–H groups in total. The highest BCUT2D eigenvalue weighted by Gasteiger charge is 2.35. The molecule has 3 aromatic carbocycles. The summed E-state index contributed by atoms with van der Waals surface area (Å²) in [5.74, 6) is -0.400. The van der Waals surface area contributed by atoms with Crippen LogP contribution >= 0.6 is 15.9 Å². The van der Waals surface area contributed by atoms with Crippen molar-refractivity contribution in [1.29, 1.82) is 0 Å². The number of rotatable bonds is 10. The first-order valence-corrected chi connectivity index (χ1v) is 13.0. The number of ether oxygens (including phenoxy) is 2. The Labute approximate surface area is 238 Å². The Morgan fingerprint density at radius 2 is 1.88 bits per heavy atom. The average Bonchev–Trinajstić information content (AvgIpc) is 3.19. The molecule has 0 atom stereocenters. The molecule has 0 bridgehead atoms. The largest absolute Gasteiger partial charge is 0.493 e. The van der Waals surface area contributed by atoms with Crippen LogP contribution in [0.2, 0.25) is 0 Å². The van der Waals surface area contributed by atoms with E-state index in [1.165, 1.54) is 25.3 Å². The normalized spacial score (nSPS) is 13.8. The van der Waals surface area contributed by atoms with Crippen molar-refractivity contribution in [2.45, 2.75) is 20.0 Å². The lowest BCUT2D eigenvalue weighted by atomic mass is 10.1. The van der Waals surface area contributed by atoms with Gasteiger partial charge >= 0.3 is 6.03 Å². The third-order valence-electron chi connectivity index (χ3n) is 6.03. The highest BCUT2D eigenvalue weighted by Crippen LogP contribution is 2.38. The molecule has 1 saturated heterocycles. The first kappa shape index (κ1) is 28.3. The van der Waals surface area contributed by atoms with Gasteiger partial charge in [-0.3, -0.25) is 19.7 Å². The van der Waals surface area contributed by atoms with E-state index in [4.69, 9.17) is 9.47 Å². The zero-order valence-electron chi connectivity index (χ0n) is 21.6. The molecule has 4 amide bonds. The number of benzene rings is 3. The molecule has 0 unspecified atom stereocenters. The Hall–Kier alpha value is -4.71. The summed E-state index contributed by atoms with van der Waals surface area (Å²) in [6.07, 6.45) is 2.18. The van der Waals surface area contributed by atoms with Gasteiger partial charge in [0, 0.05) is 17.8 Å². The molecule has 1 aliphatic heterocycles. The molecule has 0 aromatic heterocycles. The van der Waals surface area contributed by atoms with Gasteiger partial charge in [-0.25, -0.2) is 9.69 Å². The summed E-state index contributed by atoms with van der Waals surface area (Å²) in [6.45, 7) is 1.65. The van der Waals surface area contributed by atoms with E-state index in [9.17, 15) is 24.5 Å². The zero-order chi connectivity index (χ0) is 28.8. The fourth-order valence-electron chi connectivity index (χ4n) is 4.00.